The molecule has 0 bridgehead atoms. The summed E-state index contributed by atoms with van der Waals surface area (Å²) >= 11 is 4.47. The highest BCUT2D eigenvalue weighted by Crippen LogP contribution is 1.99. The van der Waals surface area contributed by atoms with E-state index in [2.05, 4.69) is 22.4 Å². The van der Waals surface area contributed by atoms with Crippen molar-refractivity contribution < 1.29 is 0 Å². The van der Waals surface area contributed by atoms with E-state index in [0.29, 0.717) is 0 Å². The fourth-order valence-electron chi connectivity index (χ4n) is 0.695. The maximum Gasteiger partial charge on any atom is 0.0970 e. The Kier molecular flexibility index (Phi) is 2.81. The number of aliphatic imine (C=N–C) groups is 1. The molecule has 0 atom stereocenters. The van der Waals surface area contributed by atoms with Crippen LogP contribution in [0.25, 0.3) is 0 Å². The largest absolute Gasteiger partial charge is 0.221 e. The zero-order chi connectivity index (χ0) is 7.23. The van der Waals surface area contributed by atoms with Crippen LogP contribution in [0.15, 0.2) is 41.4 Å². The van der Waals surface area contributed by atoms with Crippen molar-refractivity contribution in [1.29, 1.82) is 0 Å². The second-order valence-electron chi connectivity index (χ2n) is 1.87. The number of thiocarbonyl (C=S) groups is 1. The van der Waals surface area contributed by atoms with E-state index in [4.69, 9.17) is 0 Å². The van der Waals surface area contributed by atoms with Gasteiger partial charge in [0.05, 0.1) is 11.2 Å². The van der Waals surface area contributed by atoms with Crippen LogP contribution in [0.3, 0.4) is 0 Å². The van der Waals surface area contributed by atoms with Gasteiger partial charge in [-0.25, -0.2) is 4.99 Å². The van der Waals surface area contributed by atoms with E-state index in [1.165, 1.54) is 0 Å². The molecule has 0 unspecified atom stereocenters. The molecular formula is C8H7NS. The predicted molar refractivity (Wildman–Crippen MR) is 46.2 cm³/mol. The van der Waals surface area contributed by atoms with Crippen LogP contribution in [-0.2, 0) is 0 Å². The van der Waals surface area contributed by atoms with Crippen LogP contribution in [0.2, 0.25) is 0 Å². The lowest BCUT2D eigenvalue weighted by Crippen LogP contribution is -1.91. The van der Waals surface area contributed by atoms with E-state index in [1.54, 1.807) is 0 Å². The van der Waals surface area contributed by atoms with Crippen molar-refractivity contribution in [3.8, 4) is 0 Å². The van der Waals surface area contributed by atoms with Gasteiger partial charge in [-0.3, -0.25) is 0 Å². The Morgan fingerprint density at radius 1 is 1.10 bits per heavy atom. The summed E-state index contributed by atoms with van der Waals surface area (Å²) in [6.07, 6.45) is 11.7. The molecule has 0 heterocycles. The Hall–Kier alpha value is -0.980. The molecule has 10 heavy (non-hydrogen) atoms. The zero-order valence-corrected chi connectivity index (χ0v) is 6.21. The monoisotopic (exact) mass is 149 g/mol. The number of allylic oxidation sites excluding steroid dienone is 4. The minimum Gasteiger partial charge on any atom is -0.221 e. The normalized spacial score (nSPS) is 16.4. The third-order valence-electron chi connectivity index (χ3n) is 1.15. The number of nitrogens with zero attached hydrogens (tertiary/aromatic N) is 1. The Balaban J connectivity index is 2.72. The highest BCUT2D eigenvalue weighted by molar-refractivity contribution is 7.78. The third-order valence-corrected chi connectivity index (χ3v) is 1.26. The smallest absolute Gasteiger partial charge is 0.0970 e. The molecule has 0 aromatic rings. The molecule has 1 aliphatic rings. The molecule has 0 saturated heterocycles. The number of hydrogen-bond donors (Lipinski definition) is 0. The molecule has 0 aromatic heterocycles. The van der Waals surface area contributed by atoms with Gasteiger partial charge in [-0.2, -0.15) is 0 Å². The highest BCUT2D eigenvalue weighted by Gasteiger charge is 1.93. The number of rotatable bonds is 1. The van der Waals surface area contributed by atoms with Gasteiger partial charge in [0.1, 0.15) is 0 Å². The molecule has 0 aliphatic heterocycles. The average Bonchev–Trinajstić information content (AvgIpc) is 2.17. The first kappa shape index (κ1) is 7.13. The third kappa shape index (κ3) is 2.09. The van der Waals surface area contributed by atoms with Crippen molar-refractivity contribution in [3.05, 3.63) is 36.5 Å². The highest BCUT2D eigenvalue weighted by atomic mass is 32.1. The summed E-state index contributed by atoms with van der Waals surface area (Å²) in [6.45, 7) is 0. The van der Waals surface area contributed by atoms with Crippen molar-refractivity contribution in [2.45, 2.75) is 6.04 Å². The molecule has 0 N–H and O–H groups in total. The maximum absolute atomic E-state index is 4.47. The standard InChI is InChI=1S/C8H7NS/c10-7-9-8-5-3-1-2-4-6-8/h1-6,8H. The van der Waals surface area contributed by atoms with Gasteiger partial charge < -0.3 is 0 Å². The van der Waals surface area contributed by atoms with Gasteiger partial charge in [0.2, 0.25) is 0 Å². The number of isothiocyanates is 1. The summed E-state index contributed by atoms with van der Waals surface area (Å²) < 4.78 is 0. The maximum atomic E-state index is 4.47. The molecule has 0 aromatic carbocycles. The lowest BCUT2D eigenvalue weighted by molar-refractivity contribution is 1.04. The minimum atomic E-state index is 0.0764. The van der Waals surface area contributed by atoms with E-state index < -0.39 is 0 Å². The zero-order valence-electron chi connectivity index (χ0n) is 5.40. The van der Waals surface area contributed by atoms with Crippen molar-refractivity contribution in [3.63, 3.8) is 0 Å². The topological polar surface area (TPSA) is 12.4 Å². The molecular weight excluding hydrogens is 142 g/mol. The van der Waals surface area contributed by atoms with Crippen molar-refractivity contribution in [1.82, 2.24) is 0 Å². The van der Waals surface area contributed by atoms with Gasteiger partial charge >= 0.3 is 0 Å². The second kappa shape index (κ2) is 3.94. The fourth-order valence-corrected chi connectivity index (χ4v) is 0.817. The first-order valence-corrected chi connectivity index (χ1v) is 3.43. The molecule has 0 spiro atoms. The van der Waals surface area contributed by atoms with E-state index in [0.717, 1.165) is 0 Å². The van der Waals surface area contributed by atoms with E-state index >= 15 is 0 Å². The molecule has 2 heteroatoms. The summed E-state index contributed by atoms with van der Waals surface area (Å²) in [4.78, 5) is 3.89. The minimum absolute atomic E-state index is 0.0764. The van der Waals surface area contributed by atoms with Gasteiger partial charge in [0.15, 0.2) is 0 Å². The predicted octanol–water partition coefficient (Wildman–Crippen LogP) is 2.14. The molecule has 0 saturated carbocycles. The molecule has 0 amide bonds. The Morgan fingerprint density at radius 2 is 1.70 bits per heavy atom. The summed E-state index contributed by atoms with van der Waals surface area (Å²) in [7, 11) is 0. The first-order chi connectivity index (χ1) is 4.93. The van der Waals surface area contributed by atoms with Gasteiger partial charge in [0, 0.05) is 0 Å². The lowest BCUT2D eigenvalue weighted by atomic mass is 10.3. The van der Waals surface area contributed by atoms with Crippen LogP contribution in [0.4, 0.5) is 0 Å². The summed E-state index contributed by atoms with van der Waals surface area (Å²) in [5.41, 5.74) is 0. The summed E-state index contributed by atoms with van der Waals surface area (Å²) in [5, 5.41) is 2.34. The Bertz CT molecular complexity index is 216. The van der Waals surface area contributed by atoms with Gasteiger partial charge in [-0.1, -0.05) is 36.5 Å². The quantitative estimate of drug-likeness (QED) is 0.411. The van der Waals surface area contributed by atoms with E-state index in [1.807, 2.05) is 36.5 Å². The van der Waals surface area contributed by atoms with E-state index in [9.17, 15) is 0 Å². The molecule has 1 aliphatic carbocycles. The molecule has 0 radical (unpaired) electrons. The van der Waals surface area contributed by atoms with Crippen LogP contribution in [0.5, 0.6) is 0 Å². The van der Waals surface area contributed by atoms with Crippen molar-refractivity contribution >= 4 is 17.4 Å². The second-order valence-corrected chi connectivity index (χ2v) is 2.05. The number of hydrogen-bond acceptors (Lipinski definition) is 2. The molecule has 1 rings (SSSR count). The van der Waals surface area contributed by atoms with Crippen LogP contribution in [0.1, 0.15) is 0 Å². The average molecular weight is 149 g/mol. The van der Waals surface area contributed by atoms with E-state index in [-0.39, 0.29) is 6.04 Å². The molecule has 50 valence electrons. The summed E-state index contributed by atoms with van der Waals surface area (Å²) in [5.74, 6) is 0. The van der Waals surface area contributed by atoms with Crippen molar-refractivity contribution in [2.75, 3.05) is 0 Å². The Labute approximate surface area is 65.5 Å². The van der Waals surface area contributed by atoms with Crippen LogP contribution >= 0.6 is 12.2 Å². The SMILES string of the molecule is S=C=NC1C=CC=CC=C1. The van der Waals surface area contributed by atoms with Crippen LogP contribution < -0.4 is 0 Å². The molecule has 1 nitrogen and oxygen atoms in total. The molecule has 0 fully saturated rings. The van der Waals surface area contributed by atoms with Crippen molar-refractivity contribution in [2.24, 2.45) is 4.99 Å². The lowest BCUT2D eigenvalue weighted by Gasteiger charge is -1.92. The van der Waals surface area contributed by atoms with Gasteiger partial charge in [-0.15, -0.1) is 0 Å². The van der Waals surface area contributed by atoms with Gasteiger partial charge in [-0.05, 0) is 12.2 Å². The van der Waals surface area contributed by atoms with Crippen LogP contribution in [-0.4, -0.2) is 11.2 Å². The van der Waals surface area contributed by atoms with Crippen LogP contribution in [0, 0.1) is 0 Å². The van der Waals surface area contributed by atoms with Gasteiger partial charge in [0.25, 0.3) is 0 Å². The first-order valence-electron chi connectivity index (χ1n) is 3.02. The summed E-state index contributed by atoms with van der Waals surface area (Å²) in [6, 6.07) is 0.0764. The Morgan fingerprint density at radius 3 is 2.20 bits per heavy atom. The fraction of sp³-hybridized carbons (Fsp3) is 0.125.